The Bertz CT molecular complexity index is 1020. The third-order valence-corrected chi connectivity index (χ3v) is 4.54. The molecule has 3 heterocycles. The van der Waals surface area contributed by atoms with E-state index in [9.17, 15) is 5.11 Å². The minimum atomic E-state index is -0.321. The number of phenolic OH excluding ortho intramolecular Hbond substituents is 1. The first-order valence-corrected chi connectivity index (χ1v) is 7.94. The van der Waals surface area contributed by atoms with Gasteiger partial charge in [0.15, 0.2) is 0 Å². The van der Waals surface area contributed by atoms with E-state index in [0.717, 1.165) is 39.3 Å². The van der Waals surface area contributed by atoms with Gasteiger partial charge in [-0.15, -0.1) is 0 Å². The zero-order valence-corrected chi connectivity index (χ0v) is 13.4. The molecule has 0 atom stereocenters. The van der Waals surface area contributed by atoms with Crippen molar-refractivity contribution >= 4 is 17.0 Å². The van der Waals surface area contributed by atoms with Crippen molar-refractivity contribution in [3.63, 3.8) is 0 Å². The summed E-state index contributed by atoms with van der Waals surface area (Å²) in [4.78, 5) is 0. The highest BCUT2D eigenvalue weighted by atomic mass is 16.5. The molecule has 0 bridgehead atoms. The maximum Gasteiger partial charge on any atom is 0.145 e. The summed E-state index contributed by atoms with van der Waals surface area (Å²) in [6.45, 7) is 4.49. The molecule has 24 heavy (non-hydrogen) atoms. The van der Waals surface area contributed by atoms with Crippen LogP contribution in [0, 0.1) is 0 Å². The summed E-state index contributed by atoms with van der Waals surface area (Å²) < 4.78 is 18.0. The highest BCUT2D eigenvalue weighted by molar-refractivity contribution is 5.91. The Morgan fingerprint density at radius 3 is 2.83 bits per heavy atom. The number of hydrogen-bond donors (Lipinski definition) is 1. The number of fused-ring (bicyclic) bond motifs is 6. The smallest absolute Gasteiger partial charge is 0.145 e. The molecule has 2 aliphatic rings. The fourth-order valence-corrected chi connectivity index (χ4v) is 3.35. The topological polar surface area (TPSA) is 51.8 Å². The third kappa shape index (κ3) is 1.86. The van der Waals surface area contributed by atoms with Gasteiger partial charge < -0.3 is 19.0 Å². The number of ether oxygens (including phenoxy) is 2. The molecule has 1 aromatic heterocycles. The Hall–Kier alpha value is -2.88. The lowest BCUT2D eigenvalue weighted by Gasteiger charge is -2.29. The summed E-state index contributed by atoms with van der Waals surface area (Å²) in [5.74, 6) is 2.57. The molecule has 0 unspecified atom stereocenters. The van der Waals surface area contributed by atoms with E-state index in [1.54, 1.807) is 12.1 Å². The minimum absolute atomic E-state index is 0.193. The highest BCUT2D eigenvalue weighted by Crippen LogP contribution is 2.47. The van der Waals surface area contributed by atoms with Crippen molar-refractivity contribution in [1.29, 1.82) is 0 Å². The van der Waals surface area contributed by atoms with Crippen LogP contribution in [0.25, 0.3) is 28.4 Å². The number of benzene rings is 2. The lowest BCUT2D eigenvalue weighted by atomic mass is 9.97. The van der Waals surface area contributed by atoms with E-state index in [0.29, 0.717) is 12.2 Å². The maximum absolute atomic E-state index is 9.68. The van der Waals surface area contributed by atoms with Crippen molar-refractivity contribution in [2.45, 2.75) is 26.1 Å². The van der Waals surface area contributed by atoms with Crippen molar-refractivity contribution in [2.75, 3.05) is 0 Å². The quantitative estimate of drug-likeness (QED) is 0.641. The van der Waals surface area contributed by atoms with E-state index in [1.807, 2.05) is 38.1 Å². The van der Waals surface area contributed by atoms with Crippen LogP contribution in [0.1, 0.15) is 25.0 Å². The molecule has 120 valence electrons. The zero-order valence-electron chi connectivity index (χ0n) is 13.4. The second-order valence-corrected chi connectivity index (χ2v) is 6.80. The second kappa shape index (κ2) is 4.35. The van der Waals surface area contributed by atoms with Gasteiger partial charge >= 0.3 is 0 Å². The van der Waals surface area contributed by atoms with Gasteiger partial charge in [-0.2, -0.15) is 0 Å². The molecule has 4 nitrogen and oxygen atoms in total. The normalized spacial score (nSPS) is 16.8. The molecule has 0 aliphatic carbocycles. The predicted octanol–water partition coefficient (Wildman–Crippen LogP) is 4.88. The number of phenols is 1. The number of furan rings is 1. The summed E-state index contributed by atoms with van der Waals surface area (Å²) in [7, 11) is 0. The molecule has 5 rings (SSSR count). The van der Waals surface area contributed by atoms with Gasteiger partial charge in [-0.05, 0) is 38.1 Å². The van der Waals surface area contributed by atoms with Gasteiger partial charge in [0.25, 0.3) is 0 Å². The van der Waals surface area contributed by atoms with Crippen LogP contribution >= 0.6 is 0 Å². The average Bonchev–Trinajstić information content (AvgIpc) is 2.90. The number of hydrogen-bond acceptors (Lipinski definition) is 4. The molecule has 2 aliphatic heterocycles. The molecule has 3 aromatic rings. The molecule has 0 radical (unpaired) electrons. The van der Waals surface area contributed by atoms with Crippen molar-refractivity contribution in [2.24, 2.45) is 0 Å². The summed E-state index contributed by atoms with van der Waals surface area (Å²) in [5, 5.41) is 10.6. The highest BCUT2D eigenvalue weighted by Gasteiger charge is 2.28. The summed E-state index contributed by atoms with van der Waals surface area (Å²) in [5.41, 5.74) is 3.28. The van der Waals surface area contributed by atoms with E-state index in [-0.39, 0.29) is 11.4 Å². The molecule has 4 heteroatoms. The Labute approximate surface area is 138 Å². The van der Waals surface area contributed by atoms with Crippen molar-refractivity contribution in [1.82, 2.24) is 0 Å². The van der Waals surface area contributed by atoms with Gasteiger partial charge in [-0.3, -0.25) is 0 Å². The summed E-state index contributed by atoms with van der Waals surface area (Å²) in [6, 6.07) is 9.14. The first-order chi connectivity index (χ1) is 11.5. The van der Waals surface area contributed by atoms with Crippen LogP contribution < -0.4 is 9.47 Å². The van der Waals surface area contributed by atoms with Gasteiger partial charge in [0.05, 0.1) is 5.56 Å². The molecular formula is C20H16O4. The fourth-order valence-electron chi connectivity index (χ4n) is 3.35. The Kier molecular flexibility index (Phi) is 2.46. The minimum Gasteiger partial charge on any atom is -0.508 e. The van der Waals surface area contributed by atoms with Gasteiger partial charge in [0, 0.05) is 28.6 Å². The van der Waals surface area contributed by atoms with Crippen LogP contribution in [-0.2, 0) is 6.61 Å². The molecule has 0 saturated carbocycles. The van der Waals surface area contributed by atoms with Crippen LogP contribution in [-0.4, -0.2) is 10.7 Å². The summed E-state index contributed by atoms with van der Waals surface area (Å²) >= 11 is 0. The standard InChI is InChI=1S/C20H16O4/c1-20(2)6-5-11-7-14-17(9-16(11)24-20)22-10-15-13-4-3-12(21)8-18(13)23-19(14)15/h3-9,21H,10H2,1-2H3. The molecular weight excluding hydrogens is 304 g/mol. The van der Waals surface area contributed by atoms with Crippen molar-refractivity contribution in [3.8, 4) is 28.6 Å². The van der Waals surface area contributed by atoms with Gasteiger partial charge in [0.1, 0.15) is 40.8 Å². The second-order valence-electron chi connectivity index (χ2n) is 6.80. The first-order valence-electron chi connectivity index (χ1n) is 7.94. The molecule has 1 N–H and O–H groups in total. The average molecular weight is 320 g/mol. The van der Waals surface area contributed by atoms with E-state index < -0.39 is 0 Å². The van der Waals surface area contributed by atoms with Gasteiger partial charge in [-0.1, -0.05) is 6.08 Å². The molecule has 0 spiro atoms. The van der Waals surface area contributed by atoms with Crippen LogP contribution in [0.2, 0.25) is 0 Å². The van der Waals surface area contributed by atoms with E-state index in [2.05, 4.69) is 6.08 Å². The lowest BCUT2D eigenvalue weighted by molar-refractivity contribution is 0.158. The monoisotopic (exact) mass is 320 g/mol. The number of rotatable bonds is 0. The van der Waals surface area contributed by atoms with Gasteiger partial charge in [0.2, 0.25) is 0 Å². The first kappa shape index (κ1) is 13.5. The van der Waals surface area contributed by atoms with Crippen molar-refractivity contribution < 1.29 is 19.0 Å². The lowest BCUT2D eigenvalue weighted by Crippen LogP contribution is -2.27. The van der Waals surface area contributed by atoms with Crippen LogP contribution in [0.5, 0.6) is 17.2 Å². The molecule has 0 fully saturated rings. The van der Waals surface area contributed by atoms with E-state index in [4.69, 9.17) is 13.9 Å². The van der Waals surface area contributed by atoms with E-state index >= 15 is 0 Å². The largest absolute Gasteiger partial charge is 0.508 e. The van der Waals surface area contributed by atoms with E-state index in [1.165, 1.54) is 0 Å². The Morgan fingerprint density at radius 1 is 1.08 bits per heavy atom. The Balaban J connectivity index is 1.73. The molecule has 0 saturated heterocycles. The maximum atomic E-state index is 9.68. The SMILES string of the molecule is CC1(C)C=Cc2cc3c(cc2O1)OCc1c-3oc2cc(O)ccc12. The fraction of sp³-hybridized carbons (Fsp3) is 0.200. The molecule has 2 aromatic carbocycles. The zero-order chi connectivity index (χ0) is 16.5. The van der Waals surface area contributed by atoms with Gasteiger partial charge in [-0.25, -0.2) is 0 Å². The van der Waals surface area contributed by atoms with Crippen molar-refractivity contribution in [3.05, 3.63) is 47.5 Å². The van der Waals surface area contributed by atoms with Crippen LogP contribution in [0.3, 0.4) is 0 Å². The Morgan fingerprint density at radius 2 is 1.96 bits per heavy atom. The summed E-state index contributed by atoms with van der Waals surface area (Å²) in [6.07, 6.45) is 4.12. The number of aromatic hydroxyl groups is 1. The van der Waals surface area contributed by atoms with Crippen LogP contribution in [0.15, 0.2) is 40.8 Å². The predicted molar refractivity (Wildman–Crippen MR) is 91.4 cm³/mol. The van der Waals surface area contributed by atoms with Crippen LogP contribution in [0.4, 0.5) is 0 Å². The third-order valence-electron chi connectivity index (χ3n) is 4.54. The molecule has 0 amide bonds.